The number of benzene rings is 5. The van der Waals surface area contributed by atoms with E-state index in [1.165, 1.54) is 11.0 Å². The van der Waals surface area contributed by atoms with Crippen molar-refractivity contribution >= 4 is 91.6 Å². The van der Waals surface area contributed by atoms with Crippen molar-refractivity contribution in [1.82, 2.24) is 5.01 Å². The molecule has 2 aliphatic heterocycles. The summed E-state index contributed by atoms with van der Waals surface area (Å²) >= 11 is 15.0. The third-order valence-electron chi connectivity index (χ3n) is 11.9. The van der Waals surface area contributed by atoms with Crippen LogP contribution in [0.2, 0.25) is 10.0 Å². The van der Waals surface area contributed by atoms with Crippen molar-refractivity contribution in [3.63, 3.8) is 0 Å². The van der Waals surface area contributed by atoms with Crippen LogP contribution in [0.4, 0.5) is 11.4 Å². The molecule has 12 heteroatoms. The first kappa shape index (κ1) is 35.8. The number of imide groups is 2. The molecule has 2 aliphatic carbocycles. The minimum Gasteiger partial charge on any atom is -0.508 e. The zero-order valence-electron chi connectivity index (χ0n) is 29.2. The lowest BCUT2D eigenvalue weighted by Crippen LogP contribution is -2.53. The summed E-state index contributed by atoms with van der Waals surface area (Å²) in [5.41, 5.74) is 3.92. The number of hydrogen-bond acceptors (Lipinski definition) is 7. The minimum atomic E-state index is -1.62. The van der Waals surface area contributed by atoms with Gasteiger partial charge >= 0.3 is 0 Å². The highest BCUT2D eigenvalue weighted by Gasteiger charge is 2.71. The molecule has 55 heavy (non-hydrogen) atoms. The Labute approximate surface area is 340 Å². The first-order valence-corrected chi connectivity index (χ1v) is 19.7. The second-order valence-corrected chi connectivity index (χ2v) is 16.5. The number of carbonyl (C=O) groups is 4. The molecule has 0 radical (unpaired) electrons. The summed E-state index contributed by atoms with van der Waals surface area (Å²) in [4.78, 5) is 60.8. The number of carbonyl (C=O) groups excluding carboxylic acids is 4. The lowest BCUT2D eigenvalue weighted by atomic mass is 9.48. The van der Waals surface area contributed by atoms with Gasteiger partial charge in [0.25, 0.3) is 11.8 Å². The molecule has 0 unspecified atom stereocenters. The average molecular weight is 885 g/mol. The molecule has 4 amide bonds. The van der Waals surface area contributed by atoms with Crippen LogP contribution in [0.15, 0.2) is 115 Å². The number of hydrogen-bond donors (Lipinski definition) is 2. The lowest BCUT2D eigenvalue weighted by Gasteiger charge is -2.51. The van der Waals surface area contributed by atoms with Crippen LogP contribution in [0.25, 0.3) is 10.8 Å². The Hall–Kier alpha value is -4.91. The molecule has 2 saturated heterocycles. The first-order chi connectivity index (χ1) is 26.5. The zero-order chi connectivity index (χ0) is 38.3. The van der Waals surface area contributed by atoms with Gasteiger partial charge in [0.15, 0.2) is 0 Å². The molecule has 276 valence electrons. The van der Waals surface area contributed by atoms with Gasteiger partial charge in [-0.1, -0.05) is 77.3 Å². The number of phenols is 1. The number of hydrazine groups is 1. The summed E-state index contributed by atoms with van der Waals surface area (Å²) < 4.78 is 6.47. The lowest BCUT2D eigenvalue weighted by molar-refractivity contribution is -0.138. The van der Waals surface area contributed by atoms with Crippen molar-refractivity contribution in [2.75, 3.05) is 17.4 Å². The molecule has 0 spiro atoms. The molecule has 0 aromatic heterocycles. The topological polar surface area (TPSA) is 116 Å². The summed E-state index contributed by atoms with van der Waals surface area (Å²) in [6.45, 7) is 0. The van der Waals surface area contributed by atoms with Crippen LogP contribution in [-0.4, -0.2) is 40.9 Å². The molecule has 6 atom stereocenters. The Kier molecular flexibility index (Phi) is 8.71. The molecule has 4 aliphatic rings. The van der Waals surface area contributed by atoms with Crippen LogP contribution in [0.1, 0.15) is 29.9 Å². The van der Waals surface area contributed by atoms with E-state index in [1.807, 2.05) is 48.5 Å². The van der Waals surface area contributed by atoms with Gasteiger partial charge in [0.2, 0.25) is 11.8 Å². The summed E-state index contributed by atoms with van der Waals surface area (Å²) in [5, 5.41) is 15.1. The van der Waals surface area contributed by atoms with Gasteiger partial charge < -0.3 is 9.84 Å². The number of nitrogens with one attached hydrogen (secondary N) is 1. The van der Waals surface area contributed by atoms with E-state index in [1.54, 1.807) is 61.7 Å². The molecule has 3 fully saturated rings. The molecule has 2 heterocycles. The fraction of sp³-hybridized carbons (Fsp3) is 0.209. The number of amides is 4. The number of halogens is 3. The van der Waals surface area contributed by atoms with Crippen LogP contribution in [0.5, 0.6) is 11.5 Å². The van der Waals surface area contributed by atoms with Gasteiger partial charge in [0.05, 0.1) is 46.7 Å². The van der Waals surface area contributed by atoms with E-state index in [4.69, 9.17) is 27.9 Å². The Morgan fingerprint density at radius 3 is 2.33 bits per heavy atom. The van der Waals surface area contributed by atoms with Gasteiger partial charge in [-0.25, -0.2) is 0 Å². The maximum atomic E-state index is 15.6. The molecule has 1 saturated carbocycles. The number of rotatable bonds is 6. The van der Waals surface area contributed by atoms with Crippen molar-refractivity contribution in [3.8, 4) is 11.5 Å². The number of aromatic hydroxyl groups is 1. The van der Waals surface area contributed by atoms with E-state index in [-0.39, 0.29) is 35.4 Å². The van der Waals surface area contributed by atoms with Crippen molar-refractivity contribution in [2.24, 2.45) is 23.7 Å². The number of phenolic OH excluding ortho intramolecular Hbond substituents is 1. The van der Waals surface area contributed by atoms with Gasteiger partial charge in [-0.15, -0.1) is 0 Å². The predicted molar refractivity (Wildman–Crippen MR) is 218 cm³/mol. The number of ether oxygens (including phenoxy) is 1. The predicted octanol–water partition coefficient (Wildman–Crippen LogP) is 8.65. The quantitative estimate of drug-likeness (QED) is 0.0997. The van der Waals surface area contributed by atoms with E-state index in [9.17, 15) is 14.7 Å². The van der Waals surface area contributed by atoms with Gasteiger partial charge in [0, 0.05) is 20.1 Å². The molecule has 9 rings (SSSR count). The second-order valence-electron chi connectivity index (χ2n) is 14.4. The summed E-state index contributed by atoms with van der Waals surface area (Å²) in [7, 11) is 1.55. The standard InChI is InChI=1S/C43H32Cl2IN3O6/c1-55-27-14-7-23(8-15-27)43-32(40(52)49(42(43)54)47-34-18-9-24(44)20-33(34)45)21-31-29(38(43)37-28-5-3-2-4-22(28)6-19-35(37)50)16-17-30-36(31)41(53)48(39(30)51)26-12-10-25(46)11-13-26/h2-16,18-20,30-32,36,38,47,50H,17,21H2,1H3/t30-,31+,32-,36-,38+,43+/m0/s1. The van der Waals surface area contributed by atoms with Gasteiger partial charge in [-0.05, 0) is 118 Å². The number of anilines is 2. The van der Waals surface area contributed by atoms with Gasteiger partial charge in [0.1, 0.15) is 11.5 Å². The fourth-order valence-corrected chi connectivity index (χ4v) is 10.4. The summed E-state index contributed by atoms with van der Waals surface area (Å²) in [6.07, 6.45) is 2.32. The van der Waals surface area contributed by atoms with E-state index >= 15 is 9.59 Å². The summed E-state index contributed by atoms with van der Waals surface area (Å²) in [5.74, 6) is -5.25. The third kappa shape index (κ3) is 5.32. The maximum Gasteiger partial charge on any atom is 0.260 e. The number of methoxy groups -OCH3 is 1. The van der Waals surface area contributed by atoms with Gasteiger partial charge in [-0.3, -0.25) is 29.5 Å². The maximum absolute atomic E-state index is 15.6. The van der Waals surface area contributed by atoms with Crippen LogP contribution < -0.4 is 15.1 Å². The first-order valence-electron chi connectivity index (χ1n) is 17.8. The third-order valence-corrected chi connectivity index (χ3v) is 13.2. The van der Waals surface area contributed by atoms with Crippen molar-refractivity contribution < 1.29 is 29.0 Å². The smallest absolute Gasteiger partial charge is 0.260 e. The molecular weight excluding hydrogens is 852 g/mol. The Morgan fingerprint density at radius 1 is 0.855 bits per heavy atom. The highest BCUT2D eigenvalue weighted by Crippen LogP contribution is 2.65. The van der Waals surface area contributed by atoms with E-state index in [0.717, 1.165) is 19.5 Å². The number of fused-ring (bicyclic) bond motifs is 5. The monoisotopic (exact) mass is 883 g/mol. The number of allylic oxidation sites excluding steroid dienone is 2. The molecule has 5 aromatic rings. The van der Waals surface area contributed by atoms with E-state index < -0.39 is 46.8 Å². The van der Waals surface area contributed by atoms with Crippen molar-refractivity contribution in [3.05, 3.63) is 140 Å². The average Bonchev–Trinajstić information content (AvgIpc) is 3.57. The molecule has 9 nitrogen and oxygen atoms in total. The molecular formula is C43H32Cl2IN3O6. The van der Waals surface area contributed by atoms with Crippen LogP contribution in [0.3, 0.4) is 0 Å². The highest BCUT2D eigenvalue weighted by molar-refractivity contribution is 14.1. The van der Waals surface area contributed by atoms with Crippen LogP contribution in [-0.2, 0) is 24.6 Å². The van der Waals surface area contributed by atoms with E-state index in [2.05, 4.69) is 28.0 Å². The van der Waals surface area contributed by atoms with Crippen molar-refractivity contribution in [1.29, 1.82) is 0 Å². The summed E-state index contributed by atoms with van der Waals surface area (Å²) in [6, 6.07) is 30.0. The SMILES string of the molecule is COc1ccc([C@@]23C(=O)N(Nc4ccc(Cl)cc4Cl)C(=O)[C@@H]2C[C@@H]2C(=CC[C@@H]4C(=O)N(c5ccc(I)cc5)C(=O)[C@@H]42)[C@@H]3c2c(O)ccc3ccccc23)cc1. The van der Waals surface area contributed by atoms with Crippen molar-refractivity contribution in [2.45, 2.75) is 24.2 Å². The second kappa shape index (κ2) is 13.4. The highest BCUT2D eigenvalue weighted by atomic mass is 127. The van der Waals surface area contributed by atoms with E-state index in [0.29, 0.717) is 38.7 Å². The molecule has 0 bridgehead atoms. The van der Waals surface area contributed by atoms with Gasteiger partial charge in [-0.2, -0.15) is 5.01 Å². The Balaban J connectivity index is 1.29. The largest absolute Gasteiger partial charge is 0.508 e. The Morgan fingerprint density at radius 2 is 1.60 bits per heavy atom. The number of nitrogens with zero attached hydrogens (tertiary/aromatic N) is 2. The van der Waals surface area contributed by atoms with Crippen LogP contribution in [0, 0.1) is 27.2 Å². The minimum absolute atomic E-state index is 0.0549. The normalized spacial score (nSPS) is 25.8. The molecule has 5 aromatic carbocycles. The fourth-order valence-electron chi connectivity index (χ4n) is 9.59. The zero-order valence-corrected chi connectivity index (χ0v) is 32.9. The van der Waals surface area contributed by atoms with Crippen LogP contribution >= 0.6 is 45.8 Å². The Bertz CT molecular complexity index is 2490. The molecule has 2 N–H and O–H groups in total.